The van der Waals surface area contributed by atoms with Gasteiger partial charge < -0.3 is 5.11 Å². The molecule has 0 aliphatic carbocycles. The van der Waals surface area contributed by atoms with Gasteiger partial charge in [-0.2, -0.15) is 13.5 Å². The fourth-order valence-electron chi connectivity index (χ4n) is 2.11. The minimum absolute atomic E-state index is 0.123. The zero-order valence-electron chi connectivity index (χ0n) is 12.3. The first-order valence-corrected chi connectivity index (χ1v) is 7.80. The molecule has 1 amide bonds. The fraction of sp³-hybridized carbons (Fsp3) is 0.308. The van der Waals surface area contributed by atoms with Gasteiger partial charge in [0.15, 0.2) is 0 Å². The second kappa shape index (κ2) is 6.86. The smallest absolute Gasteiger partial charge is 0.341 e. The highest BCUT2D eigenvalue weighted by Gasteiger charge is 2.56. The molecule has 1 aromatic carbocycles. The molecule has 0 spiro atoms. The predicted molar refractivity (Wildman–Crippen MR) is 77.1 cm³/mol. The van der Waals surface area contributed by atoms with Crippen molar-refractivity contribution in [3.63, 3.8) is 0 Å². The topological polar surface area (TPSA) is 138 Å². The molecule has 0 saturated heterocycles. The summed E-state index contributed by atoms with van der Waals surface area (Å²) in [7, 11) is -4.04. The second-order valence-corrected chi connectivity index (χ2v) is 6.04. The van der Waals surface area contributed by atoms with Crippen LogP contribution in [0.4, 0.5) is 0 Å². The molecule has 126 valence electrons. The number of Topliss-reactive ketones (excluding diaryl/α,β-unsaturated/α-hetero) is 1. The maximum atomic E-state index is 12.7. The monoisotopic (exact) mass is 345 g/mol. The van der Waals surface area contributed by atoms with Crippen LogP contribution >= 0.6 is 0 Å². The van der Waals surface area contributed by atoms with Crippen LogP contribution in [0.2, 0.25) is 0 Å². The minimum Gasteiger partial charge on any atom is -0.479 e. The van der Waals surface area contributed by atoms with Crippen molar-refractivity contribution in [3.8, 4) is 0 Å². The number of hydroxylamine groups is 2. The predicted octanol–water partition coefficient (Wildman–Crippen LogP) is -0.00960. The van der Waals surface area contributed by atoms with Crippen LogP contribution < -0.4 is 0 Å². The number of carboxylic acid groups (broad SMARTS) is 1. The molecule has 1 atom stereocenters. The summed E-state index contributed by atoms with van der Waals surface area (Å²) in [6, 6.07) is 6.91. The first kappa shape index (κ1) is 18.7. The summed E-state index contributed by atoms with van der Waals surface area (Å²) in [5.41, 5.74) is -3.13. The van der Waals surface area contributed by atoms with Gasteiger partial charge >= 0.3 is 5.97 Å². The lowest BCUT2D eigenvalue weighted by Gasteiger charge is -2.35. The number of carbonyl (C=O) groups excluding carboxylic acids is 2. The molecular weight excluding hydrogens is 330 g/mol. The summed E-state index contributed by atoms with van der Waals surface area (Å²) in [6.07, 6.45) is 0. The van der Waals surface area contributed by atoms with Gasteiger partial charge in [-0.15, -0.1) is 0 Å². The van der Waals surface area contributed by atoms with E-state index in [9.17, 15) is 27.9 Å². The number of aliphatic carboxylic acids is 1. The van der Waals surface area contributed by atoms with Crippen molar-refractivity contribution < 1.29 is 37.3 Å². The van der Waals surface area contributed by atoms with Crippen LogP contribution in [0, 0.1) is 0 Å². The van der Waals surface area contributed by atoms with Crippen LogP contribution in [-0.4, -0.2) is 59.2 Å². The second-order valence-electron chi connectivity index (χ2n) is 4.58. The number of carboxylic acids is 1. The Bertz CT molecular complexity index is 715. The Balaban J connectivity index is 3.66. The lowest BCUT2D eigenvalue weighted by Crippen LogP contribution is -2.64. The molecule has 9 nitrogen and oxygen atoms in total. The van der Waals surface area contributed by atoms with Gasteiger partial charge in [0.1, 0.15) is 5.75 Å². The van der Waals surface area contributed by atoms with Gasteiger partial charge in [0, 0.05) is 12.5 Å². The van der Waals surface area contributed by atoms with E-state index in [0.29, 0.717) is 0 Å². The summed E-state index contributed by atoms with van der Waals surface area (Å²) < 4.78 is 31.6. The molecule has 2 N–H and O–H groups in total. The van der Waals surface area contributed by atoms with E-state index in [2.05, 4.69) is 4.84 Å². The van der Waals surface area contributed by atoms with Crippen molar-refractivity contribution in [1.29, 1.82) is 0 Å². The van der Waals surface area contributed by atoms with Crippen LogP contribution in [0.25, 0.3) is 0 Å². The highest BCUT2D eigenvalue weighted by atomic mass is 32.2. The molecule has 0 bridgehead atoms. The molecule has 0 fully saturated rings. The molecule has 0 radical (unpaired) electrons. The Hall–Kier alpha value is -2.30. The molecule has 23 heavy (non-hydrogen) atoms. The Morgan fingerprint density at radius 2 is 1.74 bits per heavy atom. The van der Waals surface area contributed by atoms with Gasteiger partial charge in [-0.3, -0.25) is 19.0 Å². The molecule has 0 aliphatic heterocycles. The number of hydrogen-bond donors (Lipinski definition) is 2. The normalized spacial score (nSPS) is 13.9. The van der Waals surface area contributed by atoms with Gasteiger partial charge in [-0.25, -0.2) is 4.79 Å². The van der Waals surface area contributed by atoms with Crippen LogP contribution in [0.5, 0.6) is 0 Å². The molecule has 0 unspecified atom stereocenters. The van der Waals surface area contributed by atoms with Crippen LogP contribution in [0.1, 0.15) is 17.3 Å². The molecule has 0 aliphatic rings. The SMILES string of the molecule is CON(C(C)=O)[C@@](CS(=O)(=O)O)(C(=O)O)C(=O)c1ccccc1. The summed E-state index contributed by atoms with van der Waals surface area (Å²) in [5, 5.41) is 9.62. The number of carbonyl (C=O) groups is 3. The molecule has 0 aromatic heterocycles. The zero-order chi connectivity index (χ0) is 17.8. The molecule has 1 aromatic rings. The first-order chi connectivity index (χ1) is 10.6. The van der Waals surface area contributed by atoms with Crippen molar-refractivity contribution in [2.24, 2.45) is 0 Å². The van der Waals surface area contributed by atoms with Crippen molar-refractivity contribution in [2.45, 2.75) is 12.5 Å². The summed E-state index contributed by atoms with van der Waals surface area (Å²) >= 11 is 0. The average molecular weight is 345 g/mol. The maximum absolute atomic E-state index is 12.7. The number of ketones is 1. The maximum Gasteiger partial charge on any atom is 0.341 e. The number of benzene rings is 1. The molecule has 0 heterocycles. The van der Waals surface area contributed by atoms with Crippen molar-refractivity contribution in [2.75, 3.05) is 12.9 Å². The standard InChI is InChI=1S/C13H15NO8S/c1-9(15)14(22-2)13(12(17)18,8-23(19,20)21)11(16)10-6-4-3-5-7-10/h3-7H,8H2,1-2H3,(H,17,18)(H,19,20,21)/t13-/m1/s1. The van der Waals surface area contributed by atoms with E-state index in [-0.39, 0.29) is 10.6 Å². The lowest BCUT2D eigenvalue weighted by atomic mass is 9.90. The summed E-state index contributed by atoms with van der Waals surface area (Å²) in [4.78, 5) is 40.7. The Labute approximate surface area is 132 Å². The van der Waals surface area contributed by atoms with Gasteiger partial charge in [-0.05, 0) is 0 Å². The van der Waals surface area contributed by atoms with E-state index in [0.717, 1.165) is 14.0 Å². The summed E-state index contributed by atoms with van der Waals surface area (Å²) in [5.74, 6) is -5.76. The van der Waals surface area contributed by atoms with Gasteiger partial charge in [0.2, 0.25) is 17.2 Å². The largest absolute Gasteiger partial charge is 0.479 e. The number of hydrogen-bond acceptors (Lipinski definition) is 6. The number of nitrogens with zero attached hydrogens (tertiary/aromatic N) is 1. The zero-order valence-corrected chi connectivity index (χ0v) is 13.1. The van der Waals surface area contributed by atoms with E-state index in [1.165, 1.54) is 24.3 Å². The Kier molecular flexibility index (Phi) is 5.59. The van der Waals surface area contributed by atoms with E-state index in [1.807, 2.05) is 0 Å². The Morgan fingerprint density at radius 3 is 2.09 bits per heavy atom. The number of rotatable bonds is 7. The fourth-order valence-corrected chi connectivity index (χ4v) is 3.01. The highest BCUT2D eigenvalue weighted by Crippen LogP contribution is 2.25. The number of amides is 1. The highest BCUT2D eigenvalue weighted by molar-refractivity contribution is 7.85. The van der Waals surface area contributed by atoms with Gasteiger partial charge in [0.25, 0.3) is 10.1 Å². The Morgan fingerprint density at radius 1 is 1.22 bits per heavy atom. The van der Waals surface area contributed by atoms with Crippen molar-refractivity contribution in [3.05, 3.63) is 35.9 Å². The van der Waals surface area contributed by atoms with E-state index in [4.69, 9.17) is 4.55 Å². The first-order valence-electron chi connectivity index (χ1n) is 6.19. The summed E-state index contributed by atoms with van der Waals surface area (Å²) in [6.45, 7) is 0.892. The van der Waals surface area contributed by atoms with Crippen molar-refractivity contribution >= 4 is 27.8 Å². The molecule has 10 heteroatoms. The van der Waals surface area contributed by atoms with Crippen LogP contribution in [-0.2, 0) is 24.5 Å². The third kappa shape index (κ3) is 3.92. The van der Waals surface area contributed by atoms with Crippen LogP contribution in [0.15, 0.2) is 30.3 Å². The average Bonchev–Trinajstić information content (AvgIpc) is 2.45. The lowest BCUT2D eigenvalue weighted by molar-refractivity contribution is -0.204. The molecule has 1 rings (SSSR count). The molecule has 0 saturated carbocycles. The third-order valence-corrected chi connectivity index (χ3v) is 3.75. The van der Waals surface area contributed by atoms with E-state index >= 15 is 0 Å². The quantitative estimate of drug-likeness (QED) is 0.304. The van der Waals surface area contributed by atoms with Gasteiger partial charge in [-0.1, -0.05) is 30.3 Å². The molecular formula is C13H15NO8S. The minimum atomic E-state index is -4.94. The van der Waals surface area contributed by atoms with E-state index < -0.39 is 39.1 Å². The van der Waals surface area contributed by atoms with E-state index in [1.54, 1.807) is 6.07 Å². The van der Waals surface area contributed by atoms with Crippen molar-refractivity contribution in [1.82, 2.24) is 5.06 Å². The van der Waals surface area contributed by atoms with Gasteiger partial charge in [0.05, 0.1) is 7.11 Å². The van der Waals surface area contributed by atoms with Crippen LogP contribution in [0.3, 0.4) is 0 Å². The third-order valence-electron chi connectivity index (χ3n) is 2.97.